The lowest BCUT2D eigenvalue weighted by Crippen LogP contribution is -2.49. The van der Waals surface area contributed by atoms with Gasteiger partial charge in [-0.15, -0.1) is 0 Å². The number of nitrogens with two attached hydrogens (primary N) is 1. The maximum Gasteiger partial charge on any atom is 0.253 e. The maximum absolute atomic E-state index is 13.3. The molecule has 3 aliphatic carbocycles. The van der Waals surface area contributed by atoms with Crippen LogP contribution in [-0.4, -0.2) is 91.1 Å². The molecular weight excluding hydrogens is 542 g/mol. The summed E-state index contributed by atoms with van der Waals surface area (Å²) >= 11 is 0. The zero-order valence-electron chi connectivity index (χ0n) is 25.8. The van der Waals surface area contributed by atoms with E-state index in [1.165, 1.54) is 9.80 Å². The smallest absolute Gasteiger partial charge is 0.253 e. The van der Waals surface area contributed by atoms with Crippen molar-refractivity contribution in [3.8, 4) is 6.07 Å². The van der Waals surface area contributed by atoms with Crippen LogP contribution in [0.2, 0.25) is 0 Å². The first kappa shape index (κ1) is 30.2. The summed E-state index contributed by atoms with van der Waals surface area (Å²) in [5, 5.41) is 21.9. The van der Waals surface area contributed by atoms with Crippen LogP contribution >= 0.6 is 0 Å². The molecule has 5 rings (SSSR count). The predicted molar refractivity (Wildman–Crippen MR) is 165 cm³/mol. The van der Waals surface area contributed by atoms with Crippen molar-refractivity contribution in [2.75, 3.05) is 34.7 Å². The Morgan fingerprint density at radius 1 is 1.21 bits per heavy atom. The molecular formula is C33H41N7O3. The normalized spacial score (nSPS) is 27.3. The molecule has 0 radical (unpaired) electrons. The third-order valence-corrected chi connectivity index (χ3v) is 9.61. The average Bonchev–Trinajstić information content (AvgIpc) is 3.38. The highest BCUT2D eigenvalue weighted by molar-refractivity contribution is 6.07. The van der Waals surface area contributed by atoms with Crippen molar-refractivity contribution >= 4 is 29.1 Å². The van der Waals surface area contributed by atoms with Gasteiger partial charge in [0.15, 0.2) is 0 Å². The largest absolute Gasteiger partial charge is 0.387 e. The van der Waals surface area contributed by atoms with Gasteiger partial charge < -0.3 is 25.8 Å². The molecule has 4 N–H and O–H groups in total. The summed E-state index contributed by atoms with van der Waals surface area (Å²) in [6.07, 6.45) is 7.17. The third-order valence-electron chi connectivity index (χ3n) is 9.61. The van der Waals surface area contributed by atoms with Gasteiger partial charge in [-0.05, 0) is 78.5 Å². The molecule has 43 heavy (non-hydrogen) atoms. The van der Waals surface area contributed by atoms with Crippen molar-refractivity contribution in [1.82, 2.24) is 20.0 Å². The highest BCUT2D eigenvalue weighted by atomic mass is 16.2. The van der Waals surface area contributed by atoms with Crippen LogP contribution in [0.5, 0.6) is 0 Å². The van der Waals surface area contributed by atoms with Crippen molar-refractivity contribution in [1.29, 1.82) is 10.7 Å². The minimum atomic E-state index is -1.00. The second-order valence-corrected chi connectivity index (χ2v) is 12.8. The molecule has 2 fully saturated rings. The van der Waals surface area contributed by atoms with Crippen LogP contribution in [0.1, 0.15) is 54.6 Å². The topological polar surface area (TPSA) is 147 Å². The summed E-state index contributed by atoms with van der Waals surface area (Å²) in [5.41, 5.74) is 9.76. The molecule has 1 saturated carbocycles. The Morgan fingerprint density at radius 2 is 1.91 bits per heavy atom. The number of fused-ring (bicyclic) bond motifs is 3. The molecule has 1 saturated heterocycles. The zero-order chi connectivity index (χ0) is 31.4. The van der Waals surface area contributed by atoms with Gasteiger partial charge in [0, 0.05) is 51.4 Å². The van der Waals surface area contributed by atoms with E-state index < -0.39 is 5.41 Å². The molecule has 1 aliphatic heterocycles. The van der Waals surface area contributed by atoms with Crippen LogP contribution < -0.4 is 11.1 Å². The molecule has 6 atom stereocenters. The molecule has 1 aromatic carbocycles. The van der Waals surface area contributed by atoms with E-state index in [1.54, 1.807) is 45.2 Å². The molecule has 3 amide bonds. The van der Waals surface area contributed by atoms with Crippen LogP contribution in [0.3, 0.4) is 0 Å². The molecule has 0 spiro atoms. The van der Waals surface area contributed by atoms with Gasteiger partial charge in [0.05, 0.1) is 18.0 Å². The van der Waals surface area contributed by atoms with E-state index in [-0.39, 0.29) is 48.2 Å². The molecule has 4 aliphatic rings. The fourth-order valence-electron chi connectivity index (χ4n) is 7.34. The Balaban J connectivity index is 1.50. The SMILES string of the molecule is CC(CC1(C(=N)N)C2=C(C=C(C(=O)N(C)C)C=CC2)c2cc(C(=O)N(C)C)ccc21)NCC(=O)N1C(C#N)CC2C(C)C21. The molecule has 1 heterocycles. The number of nitrogens with one attached hydrogen (secondary N) is 2. The van der Waals surface area contributed by atoms with E-state index >= 15 is 0 Å². The number of likely N-dealkylation sites (N-methyl/N-ethyl adjacent to an activating group) is 1. The quantitative estimate of drug-likeness (QED) is 0.317. The lowest BCUT2D eigenvalue weighted by molar-refractivity contribution is -0.131. The first-order chi connectivity index (χ1) is 20.3. The number of amides is 3. The van der Waals surface area contributed by atoms with E-state index in [0.717, 1.165) is 28.7 Å². The number of likely N-dealkylation sites (tertiary alicyclic amines) is 1. The Morgan fingerprint density at radius 3 is 2.53 bits per heavy atom. The van der Waals surface area contributed by atoms with Gasteiger partial charge in [-0.2, -0.15) is 5.26 Å². The molecule has 0 bridgehead atoms. The highest BCUT2D eigenvalue weighted by Gasteiger charge is 2.60. The van der Waals surface area contributed by atoms with Gasteiger partial charge in [0.1, 0.15) is 11.9 Å². The van der Waals surface area contributed by atoms with Crippen molar-refractivity contribution in [2.24, 2.45) is 17.6 Å². The number of hydrogen-bond acceptors (Lipinski definition) is 6. The van der Waals surface area contributed by atoms with Crippen LogP contribution in [0, 0.1) is 28.6 Å². The van der Waals surface area contributed by atoms with Crippen molar-refractivity contribution in [3.63, 3.8) is 0 Å². The summed E-state index contributed by atoms with van der Waals surface area (Å²) < 4.78 is 0. The van der Waals surface area contributed by atoms with Crippen LogP contribution in [0.15, 0.2) is 47.6 Å². The van der Waals surface area contributed by atoms with Crippen LogP contribution in [0.25, 0.3) is 5.57 Å². The fourth-order valence-corrected chi connectivity index (χ4v) is 7.34. The number of rotatable bonds is 8. The lowest BCUT2D eigenvalue weighted by atomic mass is 9.70. The monoisotopic (exact) mass is 583 g/mol. The first-order valence-corrected chi connectivity index (χ1v) is 14.8. The number of carbonyl (C=O) groups excluding carboxylic acids is 3. The van der Waals surface area contributed by atoms with Gasteiger partial charge in [-0.1, -0.05) is 25.1 Å². The lowest BCUT2D eigenvalue weighted by Gasteiger charge is -2.36. The minimum absolute atomic E-state index is 0.0340. The van der Waals surface area contributed by atoms with E-state index in [1.807, 2.05) is 31.2 Å². The molecule has 6 unspecified atom stereocenters. The van der Waals surface area contributed by atoms with Gasteiger partial charge in [0.2, 0.25) is 5.91 Å². The number of carbonyl (C=O) groups is 3. The number of piperidine rings is 1. The van der Waals surface area contributed by atoms with Gasteiger partial charge in [-0.25, -0.2) is 0 Å². The highest BCUT2D eigenvalue weighted by Crippen LogP contribution is 2.54. The van der Waals surface area contributed by atoms with E-state index in [2.05, 4.69) is 18.3 Å². The summed E-state index contributed by atoms with van der Waals surface area (Å²) in [6, 6.07) is 7.30. The summed E-state index contributed by atoms with van der Waals surface area (Å²) in [5.74, 6) is 0.426. The summed E-state index contributed by atoms with van der Waals surface area (Å²) in [4.78, 5) is 44.0. The molecule has 226 valence electrons. The Kier molecular flexibility index (Phi) is 7.82. The number of hydrogen-bond donors (Lipinski definition) is 3. The Bertz CT molecular complexity index is 1530. The molecule has 10 heteroatoms. The van der Waals surface area contributed by atoms with E-state index in [9.17, 15) is 19.6 Å². The van der Waals surface area contributed by atoms with Gasteiger partial charge in [0.25, 0.3) is 11.8 Å². The van der Waals surface area contributed by atoms with Crippen molar-refractivity contribution < 1.29 is 14.4 Å². The maximum atomic E-state index is 13.3. The molecule has 10 nitrogen and oxygen atoms in total. The number of benzene rings is 1. The molecule has 0 aromatic heterocycles. The van der Waals surface area contributed by atoms with Gasteiger partial charge in [-0.3, -0.25) is 19.8 Å². The second-order valence-electron chi connectivity index (χ2n) is 12.8. The van der Waals surface area contributed by atoms with Gasteiger partial charge >= 0.3 is 0 Å². The van der Waals surface area contributed by atoms with E-state index in [0.29, 0.717) is 35.8 Å². The van der Waals surface area contributed by atoms with Crippen LogP contribution in [0.4, 0.5) is 0 Å². The van der Waals surface area contributed by atoms with Crippen molar-refractivity contribution in [2.45, 2.75) is 56.7 Å². The average molecular weight is 584 g/mol. The summed E-state index contributed by atoms with van der Waals surface area (Å²) in [7, 11) is 6.80. The van der Waals surface area contributed by atoms with Crippen LogP contribution in [-0.2, 0) is 15.0 Å². The zero-order valence-corrected chi connectivity index (χ0v) is 25.8. The number of nitriles is 1. The number of amidine groups is 1. The van der Waals surface area contributed by atoms with Crippen molar-refractivity contribution in [3.05, 3.63) is 64.3 Å². The molecule has 1 aromatic rings. The summed E-state index contributed by atoms with van der Waals surface area (Å²) in [6.45, 7) is 4.18. The standard InChI is InChI=1S/C33H41N7O3/c1-18(37-17-28(41)40-22(16-34)14-23-19(2)29(23)40)15-33(32(35)36)26-9-7-8-20(30(42)38(3)4)12-24(26)25-13-21(10-11-27(25)33)31(43)39(5)6/h7-8,10-13,18-19,22-23,29,37H,9,14-15,17H2,1-6H3,(H3,35,36). The van der Waals surface area contributed by atoms with E-state index in [4.69, 9.17) is 11.1 Å². The number of allylic oxidation sites excluding steroid dienone is 3. The predicted octanol–water partition coefficient (Wildman–Crippen LogP) is 2.43. The Labute approximate surface area is 253 Å². The minimum Gasteiger partial charge on any atom is -0.387 e. The Hall–Kier alpha value is -4.23. The first-order valence-electron chi connectivity index (χ1n) is 14.8. The second kappa shape index (κ2) is 11.1. The number of nitrogens with zero attached hydrogens (tertiary/aromatic N) is 4. The fraction of sp³-hybridized carbons (Fsp3) is 0.485. The third kappa shape index (κ3) is 4.95.